The topological polar surface area (TPSA) is 96.5 Å². The van der Waals surface area contributed by atoms with Crippen LogP contribution in [0.3, 0.4) is 0 Å². The normalized spacial score (nSPS) is 10.2. The molecule has 3 N–H and O–H groups in total. The van der Waals surface area contributed by atoms with Gasteiger partial charge >= 0.3 is 0 Å². The summed E-state index contributed by atoms with van der Waals surface area (Å²) >= 11 is 0. The van der Waals surface area contributed by atoms with Crippen LogP contribution < -0.4 is 20.9 Å². The zero-order valence-electron chi connectivity index (χ0n) is 14.9. The summed E-state index contributed by atoms with van der Waals surface area (Å²) in [5.41, 5.74) is 4.85. The monoisotopic (exact) mass is 373 g/mol. The molecule has 0 aromatic heterocycles. The summed E-state index contributed by atoms with van der Waals surface area (Å²) in [6, 6.07) is 11.5. The van der Waals surface area contributed by atoms with Crippen molar-refractivity contribution < 1.29 is 23.5 Å². The first-order chi connectivity index (χ1) is 12.8. The van der Waals surface area contributed by atoms with Gasteiger partial charge in [-0.15, -0.1) is 0 Å². The SMILES string of the molecule is CC(C)Oc1ccc(C(=O)NNC(=O)CNC(=O)c2cccc(F)c2)cc1. The Morgan fingerprint density at radius 3 is 2.30 bits per heavy atom. The van der Waals surface area contributed by atoms with Crippen molar-refractivity contribution in [3.8, 4) is 5.75 Å². The van der Waals surface area contributed by atoms with Crippen molar-refractivity contribution in [2.45, 2.75) is 20.0 Å². The van der Waals surface area contributed by atoms with Crippen LogP contribution in [0.4, 0.5) is 4.39 Å². The van der Waals surface area contributed by atoms with Gasteiger partial charge in [-0.25, -0.2) is 4.39 Å². The number of rotatable bonds is 6. The average molecular weight is 373 g/mol. The molecule has 8 heteroatoms. The molecule has 0 heterocycles. The molecular formula is C19H20FN3O4. The smallest absolute Gasteiger partial charge is 0.269 e. The van der Waals surface area contributed by atoms with Crippen molar-refractivity contribution in [3.05, 3.63) is 65.5 Å². The van der Waals surface area contributed by atoms with Crippen molar-refractivity contribution in [3.63, 3.8) is 0 Å². The van der Waals surface area contributed by atoms with E-state index in [1.54, 1.807) is 24.3 Å². The Balaban J connectivity index is 1.77. The first-order valence-electron chi connectivity index (χ1n) is 8.25. The maximum Gasteiger partial charge on any atom is 0.269 e. The highest BCUT2D eigenvalue weighted by Gasteiger charge is 2.11. The zero-order chi connectivity index (χ0) is 19.8. The summed E-state index contributed by atoms with van der Waals surface area (Å²) in [5.74, 6) is -1.67. The van der Waals surface area contributed by atoms with Gasteiger partial charge in [0.15, 0.2) is 0 Å². The molecule has 0 radical (unpaired) electrons. The molecule has 0 unspecified atom stereocenters. The molecule has 0 atom stereocenters. The minimum absolute atomic E-state index is 0.0200. The second-order valence-electron chi connectivity index (χ2n) is 5.89. The van der Waals surface area contributed by atoms with Gasteiger partial charge in [-0.2, -0.15) is 0 Å². The summed E-state index contributed by atoms with van der Waals surface area (Å²) in [6.45, 7) is 3.41. The molecule has 2 aromatic rings. The number of carbonyl (C=O) groups is 3. The third-order valence-corrected chi connectivity index (χ3v) is 3.30. The van der Waals surface area contributed by atoms with Crippen LogP contribution in [0.5, 0.6) is 5.75 Å². The van der Waals surface area contributed by atoms with E-state index in [1.807, 2.05) is 13.8 Å². The van der Waals surface area contributed by atoms with Crippen molar-refractivity contribution in [1.29, 1.82) is 0 Å². The molecule has 0 spiro atoms. The van der Waals surface area contributed by atoms with Gasteiger partial charge in [0.05, 0.1) is 12.6 Å². The van der Waals surface area contributed by atoms with Gasteiger partial charge in [-0.1, -0.05) is 6.07 Å². The molecular weight excluding hydrogens is 353 g/mol. The minimum Gasteiger partial charge on any atom is -0.491 e. The van der Waals surface area contributed by atoms with Gasteiger partial charge in [0.1, 0.15) is 11.6 Å². The lowest BCUT2D eigenvalue weighted by Crippen LogP contribution is -2.46. The maximum atomic E-state index is 13.1. The Labute approximate surface area is 155 Å². The van der Waals surface area contributed by atoms with E-state index in [4.69, 9.17) is 4.74 Å². The Morgan fingerprint density at radius 1 is 0.963 bits per heavy atom. The Kier molecular flexibility index (Phi) is 6.87. The molecule has 0 aliphatic carbocycles. The second-order valence-corrected chi connectivity index (χ2v) is 5.89. The molecule has 0 aliphatic heterocycles. The van der Waals surface area contributed by atoms with E-state index < -0.39 is 23.5 Å². The number of hydrogen-bond donors (Lipinski definition) is 3. The number of amides is 3. The molecule has 0 saturated carbocycles. The van der Waals surface area contributed by atoms with Gasteiger partial charge in [-0.3, -0.25) is 25.2 Å². The van der Waals surface area contributed by atoms with E-state index in [2.05, 4.69) is 16.2 Å². The van der Waals surface area contributed by atoms with Gasteiger partial charge in [-0.05, 0) is 56.3 Å². The number of hydrogen-bond acceptors (Lipinski definition) is 4. The number of halogens is 1. The standard InChI is InChI=1S/C19H20FN3O4/c1-12(2)27-16-8-6-13(7-9-16)19(26)23-22-17(24)11-21-18(25)14-4-3-5-15(20)10-14/h3-10,12H,11H2,1-2H3,(H,21,25)(H,22,24)(H,23,26). The first-order valence-corrected chi connectivity index (χ1v) is 8.25. The van der Waals surface area contributed by atoms with Gasteiger partial charge in [0, 0.05) is 11.1 Å². The molecule has 0 aliphatic rings. The van der Waals surface area contributed by atoms with E-state index in [-0.39, 0.29) is 18.2 Å². The van der Waals surface area contributed by atoms with Crippen LogP contribution in [0.1, 0.15) is 34.6 Å². The van der Waals surface area contributed by atoms with Crippen LogP contribution in [0, 0.1) is 5.82 Å². The maximum absolute atomic E-state index is 13.1. The van der Waals surface area contributed by atoms with E-state index in [9.17, 15) is 18.8 Å². The minimum atomic E-state index is -0.632. The molecule has 0 fully saturated rings. The molecule has 27 heavy (non-hydrogen) atoms. The second kappa shape index (κ2) is 9.33. The van der Waals surface area contributed by atoms with Crippen LogP contribution in [-0.2, 0) is 4.79 Å². The largest absolute Gasteiger partial charge is 0.491 e. The number of carbonyl (C=O) groups excluding carboxylic acids is 3. The van der Waals surface area contributed by atoms with Gasteiger partial charge in [0.2, 0.25) is 0 Å². The van der Waals surface area contributed by atoms with Crippen LogP contribution in [0.2, 0.25) is 0 Å². The molecule has 7 nitrogen and oxygen atoms in total. The average Bonchev–Trinajstić information content (AvgIpc) is 2.64. The fourth-order valence-corrected chi connectivity index (χ4v) is 2.09. The van der Waals surface area contributed by atoms with Crippen molar-refractivity contribution in [2.24, 2.45) is 0 Å². The summed E-state index contributed by atoms with van der Waals surface area (Å²) in [4.78, 5) is 35.5. The Morgan fingerprint density at radius 2 is 1.67 bits per heavy atom. The zero-order valence-corrected chi connectivity index (χ0v) is 14.9. The number of benzene rings is 2. The van der Waals surface area contributed by atoms with Gasteiger partial charge in [0.25, 0.3) is 17.7 Å². The molecule has 3 amide bonds. The Bertz CT molecular complexity index is 822. The lowest BCUT2D eigenvalue weighted by molar-refractivity contribution is -0.120. The van der Waals surface area contributed by atoms with E-state index in [0.717, 1.165) is 6.07 Å². The molecule has 2 aromatic carbocycles. The predicted octanol–water partition coefficient (Wildman–Crippen LogP) is 1.80. The van der Waals surface area contributed by atoms with Crippen molar-refractivity contribution in [2.75, 3.05) is 6.54 Å². The van der Waals surface area contributed by atoms with Crippen LogP contribution in [0.25, 0.3) is 0 Å². The number of nitrogens with one attached hydrogen (secondary N) is 3. The molecule has 0 bridgehead atoms. The van der Waals surface area contributed by atoms with Crippen molar-refractivity contribution >= 4 is 17.7 Å². The lowest BCUT2D eigenvalue weighted by atomic mass is 10.2. The van der Waals surface area contributed by atoms with Crippen LogP contribution in [-0.4, -0.2) is 30.4 Å². The highest BCUT2D eigenvalue weighted by Crippen LogP contribution is 2.13. The first kappa shape index (κ1) is 19.9. The van der Waals surface area contributed by atoms with E-state index in [1.165, 1.54) is 18.2 Å². The fraction of sp³-hybridized carbons (Fsp3) is 0.211. The van der Waals surface area contributed by atoms with Crippen LogP contribution in [0.15, 0.2) is 48.5 Å². The molecule has 0 saturated heterocycles. The van der Waals surface area contributed by atoms with Crippen molar-refractivity contribution in [1.82, 2.24) is 16.2 Å². The van der Waals surface area contributed by atoms with Crippen LogP contribution >= 0.6 is 0 Å². The van der Waals surface area contributed by atoms with Gasteiger partial charge < -0.3 is 10.1 Å². The van der Waals surface area contributed by atoms with E-state index >= 15 is 0 Å². The number of hydrazine groups is 1. The third kappa shape index (κ3) is 6.43. The Hall–Kier alpha value is -3.42. The fourth-order valence-electron chi connectivity index (χ4n) is 2.09. The lowest BCUT2D eigenvalue weighted by Gasteiger charge is -2.11. The molecule has 2 rings (SSSR count). The summed E-state index contributed by atoms with van der Waals surface area (Å²) in [6.07, 6.45) is 0.0200. The summed E-state index contributed by atoms with van der Waals surface area (Å²) < 4.78 is 18.5. The summed E-state index contributed by atoms with van der Waals surface area (Å²) in [5, 5.41) is 2.33. The summed E-state index contributed by atoms with van der Waals surface area (Å²) in [7, 11) is 0. The predicted molar refractivity (Wildman–Crippen MR) is 96.5 cm³/mol. The quantitative estimate of drug-likeness (QED) is 0.673. The van der Waals surface area contributed by atoms with E-state index in [0.29, 0.717) is 11.3 Å². The number of ether oxygens (including phenoxy) is 1. The highest BCUT2D eigenvalue weighted by atomic mass is 19.1. The molecule has 142 valence electrons. The third-order valence-electron chi connectivity index (χ3n) is 3.30. The highest BCUT2D eigenvalue weighted by molar-refractivity contribution is 5.98.